The van der Waals surface area contributed by atoms with Crippen LogP contribution in [0.4, 0.5) is 5.82 Å². The first-order valence-electron chi connectivity index (χ1n) is 6.33. The van der Waals surface area contributed by atoms with Gasteiger partial charge in [-0.25, -0.2) is 15.0 Å². The Kier molecular flexibility index (Phi) is 3.41. The van der Waals surface area contributed by atoms with E-state index in [1.165, 1.54) is 17.2 Å². The number of carbonyl (C=O) groups excluding carboxylic acids is 1. The molecule has 4 atom stereocenters. The number of ether oxygens (including phenoxy) is 1. The fraction of sp³-hybridized carbons (Fsp3) is 0.455. The third kappa shape index (κ3) is 1.91. The van der Waals surface area contributed by atoms with E-state index < -0.39 is 30.8 Å². The van der Waals surface area contributed by atoms with Crippen LogP contribution in [0.2, 0.25) is 0 Å². The summed E-state index contributed by atoms with van der Waals surface area (Å²) >= 11 is 0. The highest BCUT2D eigenvalue weighted by Crippen LogP contribution is 2.36. The van der Waals surface area contributed by atoms with Gasteiger partial charge in [0.2, 0.25) is 6.41 Å². The molecule has 0 aromatic carbocycles. The van der Waals surface area contributed by atoms with Gasteiger partial charge in [-0.2, -0.15) is 0 Å². The van der Waals surface area contributed by atoms with Crippen LogP contribution in [-0.2, 0) is 9.53 Å². The molecule has 118 valence electrons. The summed E-state index contributed by atoms with van der Waals surface area (Å²) < 4.78 is 6.82. The van der Waals surface area contributed by atoms with Gasteiger partial charge in [-0.15, -0.1) is 0 Å². The van der Waals surface area contributed by atoms with Gasteiger partial charge in [-0.3, -0.25) is 9.36 Å². The molecule has 0 bridgehead atoms. The number of aliphatic hydroxyl groups is 3. The summed E-state index contributed by atoms with van der Waals surface area (Å²) in [4.78, 5) is 22.5. The number of aliphatic hydroxyl groups excluding tert-OH is 3. The van der Waals surface area contributed by atoms with E-state index in [1.54, 1.807) is 0 Å². The number of rotatable bonds is 4. The minimum absolute atomic E-state index is 0.149. The summed E-state index contributed by atoms with van der Waals surface area (Å²) in [7, 11) is 0. The van der Waals surface area contributed by atoms with E-state index in [2.05, 4.69) is 20.3 Å². The molecule has 1 aliphatic rings. The van der Waals surface area contributed by atoms with Crippen LogP contribution in [0.15, 0.2) is 12.7 Å². The lowest BCUT2D eigenvalue weighted by Crippen LogP contribution is -2.56. The average Bonchev–Trinajstić information content (AvgIpc) is 3.04. The molecule has 2 unspecified atom stereocenters. The molecule has 0 aliphatic carbocycles. The number of nitrogens with one attached hydrogen (secondary N) is 1. The van der Waals surface area contributed by atoms with Crippen molar-refractivity contribution in [3.8, 4) is 0 Å². The first kappa shape index (κ1) is 14.6. The maximum Gasteiger partial charge on any atom is 0.209 e. The Morgan fingerprint density at radius 3 is 2.91 bits per heavy atom. The molecule has 22 heavy (non-hydrogen) atoms. The second-order valence-electron chi connectivity index (χ2n) is 4.84. The molecule has 6 N–H and O–H groups in total. The number of amides is 1. The molecule has 3 rings (SSSR count). The topological polar surface area (TPSA) is 169 Å². The number of hydrogen-bond donors (Lipinski definition) is 5. The molecule has 1 fully saturated rings. The summed E-state index contributed by atoms with van der Waals surface area (Å²) in [6.45, 7) is -0.732. The first-order chi connectivity index (χ1) is 10.5. The zero-order valence-corrected chi connectivity index (χ0v) is 11.2. The highest BCUT2D eigenvalue weighted by molar-refractivity contribution is 5.81. The summed E-state index contributed by atoms with van der Waals surface area (Å²) in [5.74, 6) is 0.149. The van der Waals surface area contributed by atoms with Gasteiger partial charge in [0.1, 0.15) is 24.1 Å². The molecule has 0 radical (unpaired) electrons. The van der Waals surface area contributed by atoms with Gasteiger partial charge in [0, 0.05) is 0 Å². The maximum atomic E-state index is 10.7. The smallest absolute Gasteiger partial charge is 0.209 e. The third-order valence-corrected chi connectivity index (χ3v) is 3.62. The van der Waals surface area contributed by atoms with E-state index in [0.29, 0.717) is 5.52 Å². The van der Waals surface area contributed by atoms with Gasteiger partial charge < -0.3 is 31.1 Å². The molecular formula is C11H14N6O5. The molecule has 1 saturated heterocycles. The summed E-state index contributed by atoms with van der Waals surface area (Å²) in [5, 5.41) is 31.9. The van der Waals surface area contributed by atoms with E-state index in [0.717, 1.165) is 0 Å². The molecule has 11 heteroatoms. The first-order valence-corrected chi connectivity index (χ1v) is 6.33. The monoisotopic (exact) mass is 310 g/mol. The van der Waals surface area contributed by atoms with Crippen molar-refractivity contribution in [3.63, 3.8) is 0 Å². The van der Waals surface area contributed by atoms with Crippen LogP contribution in [0.1, 0.15) is 6.23 Å². The SMILES string of the molecule is Nc1ncnc2c1ncn2[C@@H]1O[C@@](CO)(NC=O)C(O)C1O. The highest BCUT2D eigenvalue weighted by atomic mass is 16.6. The number of fused-ring (bicyclic) bond motifs is 1. The van der Waals surface area contributed by atoms with E-state index in [-0.39, 0.29) is 17.9 Å². The van der Waals surface area contributed by atoms with E-state index in [4.69, 9.17) is 10.5 Å². The normalized spacial score (nSPS) is 31.5. The quantitative estimate of drug-likeness (QED) is 0.372. The van der Waals surface area contributed by atoms with Crippen LogP contribution in [0.5, 0.6) is 0 Å². The summed E-state index contributed by atoms with van der Waals surface area (Å²) in [5.41, 5.74) is 4.45. The lowest BCUT2D eigenvalue weighted by atomic mass is 10.1. The minimum atomic E-state index is -1.82. The number of imidazole rings is 1. The molecule has 3 heterocycles. The van der Waals surface area contributed by atoms with Gasteiger partial charge in [0.25, 0.3) is 0 Å². The fourth-order valence-corrected chi connectivity index (χ4v) is 2.46. The Morgan fingerprint density at radius 2 is 2.23 bits per heavy atom. The largest absolute Gasteiger partial charge is 0.391 e. The Morgan fingerprint density at radius 1 is 1.45 bits per heavy atom. The predicted octanol–water partition coefficient (Wildman–Crippen LogP) is -2.91. The number of carbonyl (C=O) groups is 1. The van der Waals surface area contributed by atoms with E-state index in [9.17, 15) is 20.1 Å². The van der Waals surface area contributed by atoms with Crippen molar-refractivity contribution >= 4 is 23.4 Å². The minimum Gasteiger partial charge on any atom is -0.391 e. The second kappa shape index (κ2) is 5.14. The Hall–Kier alpha value is -2.34. The predicted molar refractivity (Wildman–Crippen MR) is 70.9 cm³/mol. The van der Waals surface area contributed by atoms with Crippen LogP contribution in [0.3, 0.4) is 0 Å². The molecule has 11 nitrogen and oxygen atoms in total. The molecule has 1 aliphatic heterocycles. The molecule has 2 aromatic heterocycles. The number of hydrogen-bond acceptors (Lipinski definition) is 9. The zero-order valence-electron chi connectivity index (χ0n) is 11.2. The molecular weight excluding hydrogens is 296 g/mol. The number of anilines is 1. The number of nitrogens with zero attached hydrogens (tertiary/aromatic N) is 4. The van der Waals surface area contributed by atoms with E-state index >= 15 is 0 Å². The number of aromatic nitrogens is 4. The van der Waals surface area contributed by atoms with Crippen LogP contribution in [-0.4, -0.2) is 65.8 Å². The van der Waals surface area contributed by atoms with Crippen molar-refractivity contribution in [2.45, 2.75) is 24.2 Å². The molecule has 0 saturated carbocycles. The molecule has 0 spiro atoms. The van der Waals surface area contributed by atoms with Crippen LogP contribution >= 0.6 is 0 Å². The molecule has 2 aromatic rings. The number of nitrogen functional groups attached to an aromatic ring is 1. The van der Waals surface area contributed by atoms with Crippen LogP contribution in [0.25, 0.3) is 11.2 Å². The van der Waals surface area contributed by atoms with Gasteiger partial charge in [0.05, 0.1) is 12.9 Å². The van der Waals surface area contributed by atoms with Crippen molar-refractivity contribution < 1.29 is 24.9 Å². The Balaban J connectivity index is 2.04. The van der Waals surface area contributed by atoms with Crippen molar-refractivity contribution in [2.75, 3.05) is 12.3 Å². The Bertz CT molecular complexity index is 707. The van der Waals surface area contributed by atoms with Gasteiger partial charge in [-0.05, 0) is 0 Å². The average molecular weight is 310 g/mol. The third-order valence-electron chi connectivity index (χ3n) is 3.62. The Labute approximate surface area is 123 Å². The fourth-order valence-electron chi connectivity index (χ4n) is 2.46. The lowest BCUT2D eigenvalue weighted by molar-refractivity contribution is -0.153. The standard InChI is InChI=1S/C11H14N6O5/c12-8-5-9(14-2-13-8)17(3-15-5)10-6(20)7(21)11(1-18,22-10)16-4-19/h2-4,6-7,10,18,20-21H,1H2,(H,16,19)(H2,12,13,14)/t6?,7?,10-,11-/m1/s1. The van der Waals surface area contributed by atoms with Crippen molar-refractivity contribution in [1.29, 1.82) is 0 Å². The van der Waals surface area contributed by atoms with E-state index in [1.807, 2.05) is 0 Å². The highest BCUT2D eigenvalue weighted by Gasteiger charge is 2.55. The van der Waals surface area contributed by atoms with Gasteiger partial charge >= 0.3 is 0 Å². The van der Waals surface area contributed by atoms with Crippen LogP contribution in [0, 0.1) is 0 Å². The van der Waals surface area contributed by atoms with Crippen LogP contribution < -0.4 is 11.1 Å². The summed E-state index contributed by atoms with van der Waals surface area (Å²) in [6, 6.07) is 0. The zero-order chi connectivity index (χ0) is 15.9. The van der Waals surface area contributed by atoms with Crippen molar-refractivity contribution in [3.05, 3.63) is 12.7 Å². The lowest BCUT2D eigenvalue weighted by Gasteiger charge is -2.28. The molecule has 1 amide bonds. The number of nitrogens with two attached hydrogens (primary N) is 1. The second-order valence-corrected chi connectivity index (χ2v) is 4.84. The summed E-state index contributed by atoms with van der Waals surface area (Å²) in [6.07, 6.45) is -1.33. The van der Waals surface area contributed by atoms with Gasteiger partial charge in [0.15, 0.2) is 23.4 Å². The van der Waals surface area contributed by atoms with Gasteiger partial charge in [-0.1, -0.05) is 0 Å². The maximum absolute atomic E-state index is 10.7. The van der Waals surface area contributed by atoms with Crippen molar-refractivity contribution in [1.82, 2.24) is 24.8 Å². The van der Waals surface area contributed by atoms with Crippen molar-refractivity contribution in [2.24, 2.45) is 0 Å².